The molecule has 0 aromatic carbocycles. The standard InChI is InChI=1S/C10H18O/c1-3-5-7-10(4-2)8-6-9-11/h6-8,11H,3-5,9H2,1-2H3/b8-6+,10-7+. The predicted molar refractivity (Wildman–Crippen MR) is 49.5 cm³/mol. The van der Waals surface area contributed by atoms with E-state index >= 15 is 0 Å². The largest absolute Gasteiger partial charge is 0.392 e. The lowest BCUT2D eigenvalue weighted by Crippen LogP contribution is -1.77. The van der Waals surface area contributed by atoms with Crippen LogP contribution in [0.3, 0.4) is 0 Å². The van der Waals surface area contributed by atoms with E-state index in [9.17, 15) is 0 Å². The lowest BCUT2D eigenvalue weighted by Gasteiger charge is -1.95. The van der Waals surface area contributed by atoms with Crippen LogP contribution in [0.15, 0.2) is 23.8 Å². The Morgan fingerprint density at radius 1 is 1.36 bits per heavy atom. The molecule has 0 saturated carbocycles. The fourth-order valence-electron chi connectivity index (χ4n) is 0.864. The minimum Gasteiger partial charge on any atom is -0.392 e. The van der Waals surface area contributed by atoms with Crippen LogP contribution in [0.2, 0.25) is 0 Å². The number of allylic oxidation sites excluding steroid dienone is 3. The highest BCUT2D eigenvalue weighted by Gasteiger charge is 1.85. The average Bonchev–Trinajstić information content (AvgIpc) is 2.05. The van der Waals surface area contributed by atoms with E-state index in [1.165, 1.54) is 12.0 Å². The molecule has 11 heavy (non-hydrogen) atoms. The second-order valence-corrected chi connectivity index (χ2v) is 2.51. The van der Waals surface area contributed by atoms with E-state index in [0.717, 1.165) is 12.8 Å². The molecule has 0 bridgehead atoms. The van der Waals surface area contributed by atoms with Gasteiger partial charge in [0.05, 0.1) is 6.61 Å². The van der Waals surface area contributed by atoms with Crippen molar-refractivity contribution in [1.29, 1.82) is 0 Å². The van der Waals surface area contributed by atoms with Gasteiger partial charge in [0.25, 0.3) is 0 Å². The number of rotatable bonds is 5. The quantitative estimate of drug-likeness (QED) is 0.604. The highest BCUT2D eigenvalue weighted by atomic mass is 16.2. The van der Waals surface area contributed by atoms with Crippen molar-refractivity contribution >= 4 is 0 Å². The molecule has 0 aromatic heterocycles. The molecule has 0 amide bonds. The highest BCUT2D eigenvalue weighted by molar-refractivity contribution is 5.17. The number of aliphatic hydroxyl groups is 1. The zero-order valence-electron chi connectivity index (χ0n) is 7.51. The third-order valence-corrected chi connectivity index (χ3v) is 1.54. The van der Waals surface area contributed by atoms with E-state index in [1.54, 1.807) is 6.08 Å². The maximum atomic E-state index is 8.52. The molecular weight excluding hydrogens is 136 g/mol. The van der Waals surface area contributed by atoms with E-state index < -0.39 is 0 Å². The van der Waals surface area contributed by atoms with Gasteiger partial charge < -0.3 is 5.11 Å². The van der Waals surface area contributed by atoms with Gasteiger partial charge in [0, 0.05) is 0 Å². The molecule has 64 valence electrons. The SMILES string of the molecule is CCC/C=C(/C=C/CO)CC. The Morgan fingerprint density at radius 3 is 2.55 bits per heavy atom. The Bertz CT molecular complexity index is 134. The molecule has 0 spiro atoms. The van der Waals surface area contributed by atoms with Crippen molar-refractivity contribution in [3.8, 4) is 0 Å². The van der Waals surface area contributed by atoms with Gasteiger partial charge in [0.1, 0.15) is 0 Å². The molecular formula is C10H18O. The number of unbranched alkanes of at least 4 members (excludes halogenated alkanes) is 1. The van der Waals surface area contributed by atoms with Gasteiger partial charge >= 0.3 is 0 Å². The van der Waals surface area contributed by atoms with Crippen LogP contribution in [-0.2, 0) is 0 Å². The van der Waals surface area contributed by atoms with E-state index in [4.69, 9.17) is 5.11 Å². The van der Waals surface area contributed by atoms with Crippen LogP contribution in [0, 0.1) is 0 Å². The summed E-state index contributed by atoms with van der Waals surface area (Å²) >= 11 is 0. The van der Waals surface area contributed by atoms with E-state index in [2.05, 4.69) is 19.9 Å². The fourth-order valence-corrected chi connectivity index (χ4v) is 0.864. The summed E-state index contributed by atoms with van der Waals surface area (Å²) < 4.78 is 0. The second kappa shape index (κ2) is 7.55. The van der Waals surface area contributed by atoms with Crippen LogP contribution < -0.4 is 0 Å². The van der Waals surface area contributed by atoms with Crippen molar-refractivity contribution in [2.75, 3.05) is 6.61 Å². The smallest absolute Gasteiger partial charge is 0.0615 e. The van der Waals surface area contributed by atoms with Crippen molar-refractivity contribution < 1.29 is 5.11 Å². The van der Waals surface area contributed by atoms with Crippen LogP contribution in [0.1, 0.15) is 33.1 Å². The van der Waals surface area contributed by atoms with Crippen LogP contribution in [0.5, 0.6) is 0 Å². The third kappa shape index (κ3) is 5.86. The van der Waals surface area contributed by atoms with E-state index in [1.807, 2.05) is 6.08 Å². The number of hydrogen-bond donors (Lipinski definition) is 1. The molecule has 1 heteroatoms. The topological polar surface area (TPSA) is 20.2 Å². The Balaban J connectivity index is 3.83. The molecule has 0 unspecified atom stereocenters. The summed E-state index contributed by atoms with van der Waals surface area (Å²) in [7, 11) is 0. The lowest BCUT2D eigenvalue weighted by molar-refractivity contribution is 0.342. The Kier molecular flexibility index (Phi) is 7.16. The minimum atomic E-state index is 0.142. The summed E-state index contributed by atoms with van der Waals surface area (Å²) in [5.41, 5.74) is 1.32. The van der Waals surface area contributed by atoms with Gasteiger partial charge in [0.15, 0.2) is 0 Å². The van der Waals surface area contributed by atoms with Crippen molar-refractivity contribution in [3.63, 3.8) is 0 Å². The maximum absolute atomic E-state index is 8.52. The normalized spacial score (nSPS) is 12.8. The van der Waals surface area contributed by atoms with Gasteiger partial charge in [-0.15, -0.1) is 0 Å². The summed E-state index contributed by atoms with van der Waals surface area (Å²) in [6.45, 7) is 4.44. The maximum Gasteiger partial charge on any atom is 0.0615 e. The molecule has 0 aliphatic rings. The molecule has 1 N–H and O–H groups in total. The molecule has 0 aliphatic heterocycles. The first-order valence-corrected chi connectivity index (χ1v) is 4.31. The Hall–Kier alpha value is -0.560. The Labute approximate surface area is 69.4 Å². The van der Waals surface area contributed by atoms with Gasteiger partial charge in [0.2, 0.25) is 0 Å². The molecule has 0 atom stereocenters. The zero-order valence-corrected chi connectivity index (χ0v) is 7.51. The summed E-state index contributed by atoms with van der Waals surface area (Å²) in [6, 6.07) is 0. The van der Waals surface area contributed by atoms with Crippen LogP contribution in [0.25, 0.3) is 0 Å². The summed E-state index contributed by atoms with van der Waals surface area (Å²) in [5, 5.41) is 8.52. The van der Waals surface area contributed by atoms with Crippen LogP contribution in [-0.4, -0.2) is 11.7 Å². The monoisotopic (exact) mass is 154 g/mol. The summed E-state index contributed by atoms with van der Waals surface area (Å²) in [5.74, 6) is 0. The van der Waals surface area contributed by atoms with Crippen molar-refractivity contribution in [1.82, 2.24) is 0 Å². The molecule has 0 heterocycles. The Morgan fingerprint density at radius 2 is 2.09 bits per heavy atom. The minimum absolute atomic E-state index is 0.142. The van der Waals surface area contributed by atoms with Crippen LogP contribution in [0.4, 0.5) is 0 Å². The summed E-state index contributed by atoms with van der Waals surface area (Å²) in [4.78, 5) is 0. The van der Waals surface area contributed by atoms with Gasteiger partial charge in [-0.05, 0) is 12.8 Å². The predicted octanol–water partition coefficient (Wildman–Crippen LogP) is 2.67. The molecule has 0 rings (SSSR count). The van der Waals surface area contributed by atoms with E-state index in [0.29, 0.717) is 0 Å². The molecule has 0 radical (unpaired) electrons. The lowest BCUT2D eigenvalue weighted by atomic mass is 10.1. The van der Waals surface area contributed by atoms with Crippen molar-refractivity contribution in [2.45, 2.75) is 33.1 Å². The van der Waals surface area contributed by atoms with Crippen molar-refractivity contribution in [2.24, 2.45) is 0 Å². The zero-order chi connectivity index (χ0) is 8.53. The highest BCUT2D eigenvalue weighted by Crippen LogP contribution is 2.04. The summed E-state index contributed by atoms with van der Waals surface area (Å²) in [6.07, 6.45) is 9.39. The van der Waals surface area contributed by atoms with Gasteiger partial charge in [-0.1, -0.05) is 44.1 Å². The van der Waals surface area contributed by atoms with E-state index in [-0.39, 0.29) is 6.61 Å². The van der Waals surface area contributed by atoms with Gasteiger partial charge in [-0.3, -0.25) is 0 Å². The molecule has 0 fully saturated rings. The number of aliphatic hydroxyl groups excluding tert-OH is 1. The third-order valence-electron chi connectivity index (χ3n) is 1.54. The first-order chi connectivity index (χ1) is 5.35. The molecule has 0 saturated heterocycles. The second-order valence-electron chi connectivity index (χ2n) is 2.51. The molecule has 0 aromatic rings. The molecule has 1 nitrogen and oxygen atoms in total. The first kappa shape index (κ1) is 10.4. The van der Waals surface area contributed by atoms with Gasteiger partial charge in [-0.25, -0.2) is 0 Å². The van der Waals surface area contributed by atoms with Crippen molar-refractivity contribution in [3.05, 3.63) is 23.8 Å². The van der Waals surface area contributed by atoms with Gasteiger partial charge in [-0.2, -0.15) is 0 Å². The average molecular weight is 154 g/mol. The number of hydrogen-bond acceptors (Lipinski definition) is 1. The fraction of sp³-hybridized carbons (Fsp3) is 0.600. The molecule has 0 aliphatic carbocycles. The van der Waals surface area contributed by atoms with Crippen LogP contribution >= 0.6 is 0 Å². The first-order valence-electron chi connectivity index (χ1n) is 4.31.